The zero-order chi connectivity index (χ0) is 26.6. The van der Waals surface area contributed by atoms with E-state index in [0.717, 1.165) is 47.7 Å². The zero-order valence-corrected chi connectivity index (χ0v) is 21.7. The van der Waals surface area contributed by atoms with Crippen LogP contribution in [0.4, 0.5) is 5.82 Å². The van der Waals surface area contributed by atoms with Crippen molar-refractivity contribution < 1.29 is 4.79 Å². The van der Waals surface area contributed by atoms with Gasteiger partial charge in [0.2, 0.25) is 0 Å². The van der Waals surface area contributed by atoms with Crippen LogP contribution in [0.25, 0.3) is 21.9 Å². The largest absolute Gasteiger partial charge is 0.356 e. The SMILES string of the molecule is CCn1c(N2CCC[C@@H](N)C2)c(C(=O)NC2CC2)c2c1c(=O)n(Cc1ncc3ccccc3n1)c(=O)n2C. The molecule has 38 heavy (non-hydrogen) atoms. The number of nitrogens with two attached hydrogens (primary N) is 1. The van der Waals surface area contributed by atoms with Crippen LogP contribution < -0.4 is 27.2 Å². The zero-order valence-electron chi connectivity index (χ0n) is 21.7. The van der Waals surface area contributed by atoms with Gasteiger partial charge in [0.15, 0.2) is 0 Å². The predicted octanol–water partition coefficient (Wildman–Crippen LogP) is 1.33. The summed E-state index contributed by atoms with van der Waals surface area (Å²) in [4.78, 5) is 52.3. The molecule has 0 unspecified atom stereocenters. The minimum atomic E-state index is -0.519. The molecule has 11 heteroatoms. The van der Waals surface area contributed by atoms with Crippen molar-refractivity contribution in [1.29, 1.82) is 0 Å². The summed E-state index contributed by atoms with van der Waals surface area (Å²) in [6, 6.07) is 7.66. The fourth-order valence-corrected chi connectivity index (χ4v) is 5.53. The summed E-state index contributed by atoms with van der Waals surface area (Å²) < 4.78 is 4.45. The Morgan fingerprint density at radius 2 is 1.92 bits per heavy atom. The maximum atomic E-state index is 14.0. The number of nitrogens with zero attached hydrogens (tertiary/aromatic N) is 6. The first-order valence-corrected chi connectivity index (χ1v) is 13.3. The van der Waals surface area contributed by atoms with Gasteiger partial charge in [0.25, 0.3) is 11.5 Å². The molecule has 3 aromatic heterocycles. The summed E-state index contributed by atoms with van der Waals surface area (Å²) in [5.74, 6) is 0.761. The minimum absolute atomic E-state index is 0.0306. The molecule has 2 fully saturated rings. The Hall–Kier alpha value is -3.99. The van der Waals surface area contributed by atoms with E-state index in [1.165, 1.54) is 4.57 Å². The number of carbonyl (C=O) groups is 1. The van der Waals surface area contributed by atoms with Crippen LogP contribution in [0.15, 0.2) is 40.1 Å². The molecule has 0 bridgehead atoms. The highest BCUT2D eigenvalue weighted by atomic mass is 16.2. The molecule has 2 aliphatic rings. The van der Waals surface area contributed by atoms with E-state index in [1.807, 2.05) is 35.8 Å². The van der Waals surface area contributed by atoms with Crippen molar-refractivity contribution in [3.05, 3.63) is 62.7 Å². The third kappa shape index (κ3) is 4.07. The lowest BCUT2D eigenvalue weighted by Crippen LogP contribution is -2.44. The van der Waals surface area contributed by atoms with Crippen LogP contribution >= 0.6 is 0 Å². The normalized spacial score (nSPS) is 17.9. The van der Waals surface area contributed by atoms with E-state index in [-0.39, 0.29) is 24.5 Å². The Kier molecular flexibility index (Phi) is 6.02. The number of nitrogens with one attached hydrogen (secondary N) is 1. The second-order valence-electron chi connectivity index (χ2n) is 10.3. The van der Waals surface area contributed by atoms with Crippen LogP contribution in [0.3, 0.4) is 0 Å². The maximum absolute atomic E-state index is 14.0. The average molecular weight is 517 g/mol. The Balaban J connectivity index is 1.57. The van der Waals surface area contributed by atoms with E-state index in [9.17, 15) is 14.4 Å². The molecule has 1 saturated carbocycles. The molecule has 3 N–H and O–H groups in total. The van der Waals surface area contributed by atoms with Crippen LogP contribution in [-0.2, 0) is 20.1 Å². The van der Waals surface area contributed by atoms with Crippen molar-refractivity contribution in [2.24, 2.45) is 12.8 Å². The maximum Gasteiger partial charge on any atom is 0.331 e. The Bertz CT molecular complexity index is 1680. The van der Waals surface area contributed by atoms with E-state index in [4.69, 9.17) is 5.73 Å². The molecule has 1 aromatic carbocycles. The second kappa shape index (κ2) is 9.39. The molecule has 1 atom stereocenters. The highest BCUT2D eigenvalue weighted by Gasteiger charge is 2.34. The molecular formula is C27H32N8O3. The van der Waals surface area contributed by atoms with Gasteiger partial charge in [-0.05, 0) is 38.7 Å². The van der Waals surface area contributed by atoms with Gasteiger partial charge >= 0.3 is 5.69 Å². The summed E-state index contributed by atoms with van der Waals surface area (Å²) in [5, 5.41) is 3.95. The summed E-state index contributed by atoms with van der Waals surface area (Å²) in [6.07, 6.45) is 5.35. The number of piperidine rings is 1. The molecule has 0 spiro atoms. The van der Waals surface area contributed by atoms with Crippen LogP contribution in [0.1, 0.15) is 48.8 Å². The second-order valence-corrected chi connectivity index (χ2v) is 10.3. The van der Waals surface area contributed by atoms with Gasteiger partial charge in [-0.25, -0.2) is 14.8 Å². The highest BCUT2D eigenvalue weighted by Crippen LogP contribution is 2.33. The highest BCUT2D eigenvalue weighted by molar-refractivity contribution is 6.11. The lowest BCUT2D eigenvalue weighted by Gasteiger charge is -2.33. The van der Waals surface area contributed by atoms with Gasteiger partial charge in [0.1, 0.15) is 22.7 Å². The molecule has 6 rings (SSSR count). The number of hydrogen-bond acceptors (Lipinski definition) is 7. The molecular weight excluding hydrogens is 484 g/mol. The number of rotatable bonds is 6. The number of para-hydroxylation sites is 1. The average Bonchev–Trinajstić information content (AvgIpc) is 3.66. The van der Waals surface area contributed by atoms with E-state index < -0.39 is 11.2 Å². The molecule has 1 saturated heterocycles. The van der Waals surface area contributed by atoms with Crippen molar-refractivity contribution in [2.45, 2.75) is 57.8 Å². The Morgan fingerprint density at radius 3 is 2.66 bits per heavy atom. The molecule has 1 amide bonds. The standard InChI is InChI=1S/C27H32N8O3/c1-3-34-23-22(21(24(36)30-18-10-11-18)25(34)33-12-6-8-17(28)14-33)32(2)27(38)35(26(23)37)15-20-29-13-16-7-4-5-9-19(16)31-20/h4-5,7,9,13,17-18H,3,6,8,10-12,14-15,28H2,1-2H3,(H,30,36)/t17-/m1/s1. The van der Waals surface area contributed by atoms with Crippen LogP contribution in [0.2, 0.25) is 0 Å². The first-order valence-electron chi connectivity index (χ1n) is 13.3. The number of anilines is 1. The summed E-state index contributed by atoms with van der Waals surface area (Å²) in [7, 11) is 1.61. The molecule has 1 aliphatic heterocycles. The molecule has 11 nitrogen and oxygen atoms in total. The van der Waals surface area contributed by atoms with E-state index >= 15 is 0 Å². The minimum Gasteiger partial charge on any atom is -0.356 e. The number of fused-ring (bicyclic) bond motifs is 2. The monoisotopic (exact) mass is 516 g/mol. The van der Waals surface area contributed by atoms with Gasteiger partial charge in [0, 0.05) is 50.3 Å². The third-order valence-electron chi connectivity index (χ3n) is 7.56. The lowest BCUT2D eigenvalue weighted by atomic mass is 10.1. The van der Waals surface area contributed by atoms with Gasteiger partial charge < -0.3 is 20.5 Å². The summed E-state index contributed by atoms with van der Waals surface area (Å²) in [5.41, 5.74) is 7.11. The number of benzene rings is 1. The predicted molar refractivity (Wildman–Crippen MR) is 146 cm³/mol. The first-order chi connectivity index (χ1) is 18.4. The number of carbonyl (C=O) groups excluding carboxylic acids is 1. The van der Waals surface area contributed by atoms with Gasteiger partial charge in [-0.15, -0.1) is 0 Å². The summed E-state index contributed by atoms with van der Waals surface area (Å²) in [6.45, 7) is 3.62. The van der Waals surface area contributed by atoms with Crippen molar-refractivity contribution in [3.63, 3.8) is 0 Å². The van der Waals surface area contributed by atoms with Crippen LogP contribution in [-0.4, -0.2) is 54.7 Å². The Labute approximate surface area is 218 Å². The van der Waals surface area contributed by atoms with E-state index in [1.54, 1.807) is 13.2 Å². The topological polar surface area (TPSA) is 133 Å². The number of hydrogen-bond donors (Lipinski definition) is 2. The number of aromatic nitrogens is 5. The van der Waals surface area contributed by atoms with E-state index in [0.29, 0.717) is 41.3 Å². The number of aryl methyl sites for hydroxylation is 2. The fraction of sp³-hybridized carbons (Fsp3) is 0.444. The fourth-order valence-electron chi connectivity index (χ4n) is 5.53. The van der Waals surface area contributed by atoms with E-state index in [2.05, 4.69) is 20.2 Å². The first kappa shape index (κ1) is 24.4. The Morgan fingerprint density at radius 1 is 1.13 bits per heavy atom. The van der Waals surface area contributed by atoms with Crippen molar-refractivity contribution in [2.75, 3.05) is 18.0 Å². The smallest absolute Gasteiger partial charge is 0.331 e. The van der Waals surface area contributed by atoms with Crippen molar-refractivity contribution >= 4 is 33.7 Å². The van der Waals surface area contributed by atoms with Crippen LogP contribution in [0, 0.1) is 0 Å². The van der Waals surface area contributed by atoms with Gasteiger partial charge in [-0.3, -0.25) is 18.7 Å². The molecule has 0 radical (unpaired) electrons. The third-order valence-corrected chi connectivity index (χ3v) is 7.56. The molecule has 1 aliphatic carbocycles. The number of amides is 1. The van der Waals surface area contributed by atoms with Gasteiger partial charge in [-0.2, -0.15) is 0 Å². The van der Waals surface area contributed by atoms with Gasteiger partial charge in [-0.1, -0.05) is 18.2 Å². The van der Waals surface area contributed by atoms with Crippen molar-refractivity contribution in [3.8, 4) is 0 Å². The quantitative estimate of drug-likeness (QED) is 0.395. The molecule has 4 heterocycles. The summed E-state index contributed by atoms with van der Waals surface area (Å²) >= 11 is 0. The lowest BCUT2D eigenvalue weighted by molar-refractivity contribution is 0.0952. The van der Waals surface area contributed by atoms with Crippen LogP contribution in [0.5, 0.6) is 0 Å². The molecule has 4 aromatic rings. The molecule has 198 valence electrons. The van der Waals surface area contributed by atoms with Gasteiger partial charge in [0.05, 0.1) is 17.6 Å². The van der Waals surface area contributed by atoms with Crippen molar-refractivity contribution in [1.82, 2.24) is 29.0 Å².